The minimum Gasteiger partial charge on any atom is -0.495 e. The molecular formula is C40H61ClN2O8S. The van der Waals surface area contributed by atoms with E-state index in [4.69, 9.17) is 35.7 Å². The number of aliphatic carboxylic acids is 1. The highest BCUT2D eigenvalue weighted by molar-refractivity contribution is 7.81. The number of hydrogen-bond donors (Lipinski definition) is 4. The molecule has 0 aromatic heterocycles. The van der Waals surface area contributed by atoms with Gasteiger partial charge < -0.3 is 34.7 Å². The van der Waals surface area contributed by atoms with Gasteiger partial charge in [-0.1, -0.05) is 81.8 Å². The number of carbonyl (C=O) groups is 4. The zero-order valence-corrected chi connectivity index (χ0v) is 34.2. The Bertz CT molecular complexity index is 1380. The van der Waals surface area contributed by atoms with Crippen LogP contribution in [0.3, 0.4) is 0 Å². The Morgan fingerprint density at radius 3 is 2.19 bits per heavy atom. The number of methoxy groups -OCH3 is 1. The van der Waals surface area contributed by atoms with Crippen molar-refractivity contribution in [3.63, 3.8) is 0 Å². The van der Waals surface area contributed by atoms with E-state index in [1.54, 1.807) is 21.1 Å². The second kappa shape index (κ2) is 25.6. The fraction of sp³-hybridized carbons (Fsp3) is 0.550. The van der Waals surface area contributed by atoms with Gasteiger partial charge in [-0.15, -0.1) is 0 Å². The van der Waals surface area contributed by atoms with Crippen molar-refractivity contribution in [3.05, 3.63) is 76.3 Å². The Morgan fingerprint density at radius 2 is 1.71 bits per heavy atom. The second-order valence-corrected chi connectivity index (χ2v) is 15.1. The molecule has 52 heavy (non-hydrogen) atoms. The van der Waals surface area contributed by atoms with Gasteiger partial charge in [0.05, 0.1) is 30.7 Å². The summed E-state index contributed by atoms with van der Waals surface area (Å²) in [7, 11) is 3.25. The number of carbonyl (C=O) groups excluding carboxylic acids is 3. The third-order valence-corrected chi connectivity index (χ3v) is 8.48. The summed E-state index contributed by atoms with van der Waals surface area (Å²) >= 11 is 10.4. The van der Waals surface area contributed by atoms with Gasteiger partial charge in [0.15, 0.2) is 6.10 Å². The van der Waals surface area contributed by atoms with E-state index >= 15 is 0 Å². The molecule has 1 aliphatic rings. The molecule has 3 rings (SSSR count). The van der Waals surface area contributed by atoms with Gasteiger partial charge in [0.1, 0.15) is 18.6 Å². The summed E-state index contributed by atoms with van der Waals surface area (Å²) in [5, 5.41) is 14.9. The number of allylic oxidation sites excluding steroid dienone is 2. The van der Waals surface area contributed by atoms with Gasteiger partial charge >= 0.3 is 11.9 Å². The number of benzene rings is 2. The van der Waals surface area contributed by atoms with Crippen LogP contribution in [0.25, 0.3) is 0 Å². The molecule has 3 N–H and O–H groups in total. The zero-order chi connectivity index (χ0) is 40.0. The highest BCUT2D eigenvalue weighted by Crippen LogP contribution is 2.45. The lowest BCUT2D eigenvalue weighted by molar-refractivity contribution is -0.167. The largest absolute Gasteiger partial charge is 0.495 e. The SMILES string of the molecule is C/C=C/CC[C@H](C)C1O[C@@H]1c1ccc(C(C)(C)S)cc1.C=O.CNCC(=O)NC[C@@H](C)C(=O)O[C@@H](CC(C)C)C(=O)O.COc1ccc(C)cc1Cl. The highest BCUT2D eigenvalue weighted by atomic mass is 35.5. The first kappa shape index (κ1) is 48.6. The summed E-state index contributed by atoms with van der Waals surface area (Å²) in [5.74, 6) is -1.14. The summed E-state index contributed by atoms with van der Waals surface area (Å²) in [6.07, 6.45) is 6.53. The average molecular weight is 765 g/mol. The number of ether oxygens (including phenoxy) is 3. The molecule has 292 valence electrons. The molecule has 0 bridgehead atoms. The third kappa shape index (κ3) is 19.5. The van der Waals surface area contributed by atoms with Crippen molar-refractivity contribution in [2.75, 3.05) is 27.2 Å². The van der Waals surface area contributed by atoms with Crippen LogP contribution in [0.2, 0.25) is 5.02 Å². The van der Waals surface area contributed by atoms with E-state index in [2.05, 4.69) is 87.4 Å². The van der Waals surface area contributed by atoms with Gasteiger partial charge in [0.25, 0.3) is 0 Å². The van der Waals surface area contributed by atoms with Crippen molar-refractivity contribution < 1.29 is 38.5 Å². The number of esters is 1. The number of aryl methyl sites for hydroxylation is 1. The van der Waals surface area contributed by atoms with Crippen LogP contribution in [-0.4, -0.2) is 69.2 Å². The smallest absolute Gasteiger partial charge is 0.345 e. The van der Waals surface area contributed by atoms with Gasteiger partial charge in [-0.3, -0.25) is 9.59 Å². The van der Waals surface area contributed by atoms with E-state index in [-0.39, 0.29) is 36.1 Å². The Morgan fingerprint density at radius 1 is 1.10 bits per heavy atom. The molecule has 2 aromatic carbocycles. The van der Waals surface area contributed by atoms with E-state index < -0.39 is 24.0 Å². The summed E-state index contributed by atoms with van der Waals surface area (Å²) in [6, 6.07) is 14.4. The molecule has 0 saturated carbocycles. The number of carboxylic acid groups (broad SMARTS) is 1. The monoisotopic (exact) mass is 764 g/mol. The number of rotatable bonds is 16. The standard InChI is InChI=1S/C18H26OS.C13H24N2O5.C8H9ClO.CH2O/c1-5-6-7-8-13(2)16-17(19-16)14-9-11-15(12-10-14)18(3,4)20;1-8(2)5-10(12(17)18)20-13(19)9(3)6-15-11(16)7-14-4;1-6-3-4-8(10-2)7(9)5-6;1-2/h5-6,9-13,16-17,20H,7-8H2,1-4H3;8-10,14H,5-7H2,1-4H3,(H,15,16)(H,17,18);3-5H,1-2H3;1H2/b6-5+;;;/t13-,16?,17+;9-,10+;;/m01../s1. The number of epoxide rings is 1. The molecular weight excluding hydrogens is 704 g/mol. The average Bonchev–Trinajstić information content (AvgIpc) is 3.89. The van der Waals surface area contributed by atoms with Crippen LogP contribution < -0.4 is 15.4 Å². The van der Waals surface area contributed by atoms with Crippen LogP contribution in [0, 0.1) is 24.7 Å². The first-order chi connectivity index (χ1) is 24.4. The lowest BCUT2D eigenvalue weighted by atomic mass is 9.95. The molecule has 1 aliphatic heterocycles. The Labute approximate surface area is 321 Å². The maximum Gasteiger partial charge on any atom is 0.345 e. The predicted octanol–water partition coefficient (Wildman–Crippen LogP) is 7.76. The zero-order valence-electron chi connectivity index (χ0n) is 32.5. The molecule has 2 aromatic rings. The molecule has 0 spiro atoms. The predicted molar refractivity (Wildman–Crippen MR) is 212 cm³/mol. The molecule has 1 heterocycles. The first-order valence-corrected chi connectivity index (χ1v) is 18.3. The molecule has 0 aliphatic carbocycles. The topological polar surface area (TPSA) is 144 Å². The number of carboxylic acids is 1. The molecule has 1 unspecified atom stereocenters. The van der Waals surface area contributed by atoms with Crippen molar-refractivity contribution >= 4 is 48.9 Å². The summed E-state index contributed by atoms with van der Waals surface area (Å²) in [6.45, 7) is 18.2. The lowest BCUT2D eigenvalue weighted by Crippen LogP contribution is -2.38. The van der Waals surface area contributed by atoms with Gasteiger partial charge in [-0.2, -0.15) is 12.6 Å². The van der Waals surface area contributed by atoms with Gasteiger partial charge in [-0.25, -0.2) is 4.79 Å². The van der Waals surface area contributed by atoms with Crippen LogP contribution >= 0.6 is 24.2 Å². The minimum absolute atomic E-state index is 0.0812. The minimum atomic E-state index is -1.15. The van der Waals surface area contributed by atoms with E-state index in [0.29, 0.717) is 23.1 Å². The normalized spacial score (nSPS) is 16.4. The lowest BCUT2D eigenvalue weighted by Gasteiger charge is -2.18. The number of thiol groups is 1. The van der Waals surface area contributed by atoms with E-state index in [0.717, 1.165) is 17.7 Å². The van der Waals surface area contributed by atoms with E-state index in [1.807, 2.05) is 45.8 Å². The van der Waals surface area contributed by atoms with Crippen molar-refractivity contribution in [2.45, 2.75) is 97.7 Å². The molecule has 12 heteroatoms. The summed E-state index contributed by atoms with van der Waals surface area (Å²) in [5.41, 5.74) is 3.70. The molecule has 1 amide bonds. The van der Waals surface area contributed by atoms with Crippen molar-refractivity contribution in [1.29, 1.82) is 0 Å². The summed E-state index contributed by atoms with van der Waals surface area (Å²) in [4.78, 5) is 42.0. The second-order valence-electron chi connectivity index (χ2n) is 13.6. The fourth-order valence-electron chi connectivity index (χ4n) is 4.82. The Kier molecular flexibility index (Phi) is 23.9. The van der Waals surface area contributed by atoms with Crippen molar-refractivity contribution in [2.24, 2.45) is 17.8 Å². The quantitative estimate of drug-likeness (QED) is 0.0584. The van der Waals surface area contributed by atoms with Crippen LogP contribution in [-0.2, 0) is 33.4 Å². The number of nitrogens with one attached hydrogen (secondary N) is 2. The van der Waals surface area contributed by atoms with Crippen LogP contribution in [0.4, 0.5) is 0 Å². The highest BCUT2D eigenvalue weighted by Gasteiger charge is 2.43. The number of amides is 1. The maximum atomic E-state index is 11.8. The van der Waals surface area contributed by atoms with Crippen molar-refractivity contribution in [1.82, 2.24) is 10.6 Å². The number of halogens is 1. The van der Waals surface area contributed by atoms with Crippen molar-refractivity contribution in [3.8, 4) is 5.75 Å². The van der Waals surface area contributed by atoms with Gasteiger partial charge in [0.2, 0.25) is 5.91 Å². The number of likely N-dealkylation sites (N-methyl/N-ethyl adjacent to an activating group) is 1. The molecule has 1 fully saturated rings. The fourth-order valence-corrected chi connectivity index (χ4v) is 5.29. The van der Waals surface area contributed by atoms with E-state index in [1.165, 1.54) is 17.5 Å². The van der Waals surface area contributed by atoms with Crippen LogP contribution in [0.15, 0.2) is 54.6 Å². The maximum absolute atomic E-state index is 11.8. The third-order valence-electron chi connectivity index (χ3n) is 7.93. The Balaban J connectivity index is 0.000000769. The Hall–Kier alpha value is -3.38. The molecule has 0 radical (unpaired) electrons. The van der Waals surface area contributed by atoms with Crippen LogP contribution in [0.1, 0.15) is 90.5 Å². The van der Waals surface area contributed by atoms with E-state index in [9.17, 15) is 14.4 Å². The van der Waals surface area contributed by atoms with Gasteiger partial charge in [0, 0.05) is 11.3 Å². The molecule has 5 atom stereocenters. The summed E-state index contributed by atoms with van der Waals surface area (Å²) < 4.78 is 15.7. The number of hydrogen-bond acceptors (Lipinski definition) is 9. The van der Waals surface area contributed by atoms with Gasteiger partial charge in [-0.05, 0) is 94.7 Å². The molecule has 10 nitrogen and oxygen atoms in total. The van der Waals surface area contributed by atoms with Crippen LogP contribution in [0.5, 0.6) is 5.75 Å². The molecule has 1 saturated heterocycles. The first-order valence-electron chi connectivity index (χ1n) is 17.5.